The zero-order valence-electron chi connectivity index (χ0n) is 10.4. The molecule has 0 spiro atoms. The van der Waals surface area contributed by atoms with Gasteiger partial charge in [-0.05, 0) is 5.56 Å². The van der Waals surface area contributed by atoms with Gasteiger partial charge in [0.05, 0.1) is 30.8 Å². The minimum Gasteiger partial charge on any atom is -0.327 e. The molecule has 2 rings (SSSR count). The van der Waals surface area contributed by atoms with Crippen molar-refractivity contribution in [2.75, 3.05) is 0 Å². The molecular formula is C13H13F4N3. The standard InChI is InChI=1S/C13H13F4N3/c14-12(15)13(16,17)7-20-8-19-6-10(20)11(18)9-4-2-1-3-5-9/h1-6,8,11-12H,7,18H2. The summed E-state index contributed by atoms with van der Waals surface area (Å²) < 4.78 is 51.7. The van der Waals surface area contributed by atoms with Crippen molar-refractivity contribution in [1.82, 2.24) is 9.55 Å². The molecule has 0 aliphatic heterocycles. The normalized spacial score (nSPS) is 13.7. The van der Waals surface area contributed by atoms with E-state index in [-0.39, 0.29) is 5.69 Å². The monoisotopic (exact) mass is 287 g/mol. The summed E-state index contributed by atoms with van der Waals surface area (Å²) in [5, 5.41) is 0. The van der Waals surface area contributed by atoms with E-state index >= 15 is 0 Å². The van der Waals surface area contributed by atoms with Crippen LogP contribution in [0.15, 0.2) is 42.9 Å². The lowest BCUT2D eigenvalue weighted by Crippen LogP contribution is -2.33. The molecule has 3 nitrogen and oxygen atoms in total. The van der Waals surface area contributed by atoms with Gasteiger partial charge in [-0.25, -0.2) is 13.8 Å². The quantitative estimate of drug-likeness (QED) is 0.859. The van der Waals surface area contributed by atoms with Gasteiger partial charge in [0.2, 0.25) is 0 Å². The molecule has 1 unspecified atom stereocenters. The van der Waals surface area contributed by atoms with Crippen LogP contribution in [0.1, 0.15) is 17.3 Å². The maximum Gasteiger partial charge on any atom is 0.324 e. The molecule has 1 aromatic heterocycles. The number of rotatable bonds is 5. The van der Waals surface area contributed by atoms with Gasteiger partial charge in [-0.15, -0.1) is 0 Å². The van der Waals surface area contributed by atoms with Crippen LogP contribution in [0.4, 0.5) is 17.6 Å². The smallest absolute Gasteiger partial charge is 0.324 e. The van der Waals surface area contributed by atoms with Crippen LogP contribution in [0.2, 0.25) is 0 Å². The Morgan fingerprint density at radius 2 is 1.85 bits per heavy atom. The highest BCUT2D eigenvalue weighted by atomic mass is 19.3. The maximum atomic E-state index is 13.1. The van der Waals surface area contributed by atoms with E-state index < -0.39 is 24.9 Å². The molecule has 2 N–H and O–H groups in total. The number of halogens is 4. The van der Waals surface area contributed by atoms with Crippen molar-refractivity contribution >= 4 is 0 Å². The summed E-state index contributed by atoms with van der Waals surface area (Å²) in [5.41, 5.74) is 6.91. The Kier molecular flexibility index (Phi) is 4.08. The molecule has 1 aromatic carbocycles. The molecule has 0 saturated carbocycles. The summed E-state index contributed by atoms with van der Waals surface area (Å²) in [4.78, 5) is 3.72. The Morgan fingerprint density at radius 1 is 1.20 bits per heavy atom. The van der Waals surface area contributed by atoms with Gasteiger partial charge in [0, 0.05) is 0 Å². The molecule has 108 valence electrons. The predicted molar refractivity (Wildman–Crippen MR) is 65.7 cm³/mol. The highest BCUT2D eigenvalue weighted by molar-refractivity contribution is 5.26. The van der Waals surface area contributed by atoms with Crippen LogP contribution in [-0.4, -0.2) is 21.9 Å². The third-order valence-corrected chi connectivity index (χ3v) is 2.92. The largest absolute Gasteiger partial charge is 0.327 e. The van der Waals surface area contributed by atoms with E-state index in [1.807, 2.05) is 0 Å². The Bertz CT molecular complexity index is 554. The first-order valence-electron chi connectivity index (χ1n) is 5.88. The van der Waals surface area contributed by atoms with E-state index in [2.05, 4.69) is 4.98 Å². The summed E-state index contributed by atoms with van der Waals surface area (Å²) in [6.07, 6.45) is -1.35. The lowest BCUT2D eigenvalue weighted by molar-refractivity contribution is -0.138. The fourth-order valence-corrected chi connectivity index (χ4v) is 1.85. The summed E-state index contributed by atoms with van der Waals surface area (Å²) in [5.74, 6) is -4.12. The maximum absolute atomic E-state index is 13.1. The lowest BCUT2D eigenvalue weighted by atomic mass is 10.1. The Hall–Kier alpha value is -1.89. The molecule has 1 atom stereocenters. The zero-order valence-corrected chi connectivity index (χ0v) is 10.4. The number of nitrogens with two attached hydrogens (primary N) is 1. The molecule has 0 amide bonds. The van der Waals surface area contributed by atoms with E-state index in [1.165, 1.54) is 6.20 Å². The fraction of sp³-hybridized carbons (Fsp3) is 0.308. The Labute approximate surface area is 113 Å². The van der Waals surface area contributed by atoms with E-state index in [0.717, 1.165) is 10.9 Å². The van der Waals surface area contributed by atoms with Crippen LogP contribution in [0.25, 0.3) is 0 Å². The topological polar surface area (TPSA) is 43.8 Å². The second kappa shape index (κ2) is 5.62. The van der Waals surface area contributed by atoms with Crippen molar-refractivity contribution in [1.29, 1.82) is 0 Å². The molecule has 0 saturated heterocycles. The van der Waals surface area contributed by atoms with Crippen LogP contribution in [0, 0.1) is 0 Å². The molecule has 20 heavy (non-hydrogen) atoms. The summed E-state index contributed by atoms with van der Waals surface area (Å²) in [6, 6.07) is 8.05. The van der Waals surface area contributed by atoms with Gasteiger partial charge in [0.1, 0.15) is 0 Å². The van der Waals surface area contributed by atoms with Crippen molar-refractivity contribution in [3.8, 4) is 0 Å². The first kappa shape index (κ1) is 14.5. The van der Waals surface area contributed by atoms with E-state index in [1.54, 1.807) is 30.3 Å². The molecule has 0 bridgehead atoms. The number of nitrogens with zero attached hydrogens (tertiary/aromatic N) is 2. The van der Waals surface area contributed by atoms with Gasteiger partial charge in [0.15, 0.2) is 0 Å². The number of hydrogen-bond donors (Lipinski definition) is 1. The van der Waals surface area contributed by atoms with Gasteiger partial charge >= 0.3 is 12.3 Å². The number of imidazole rings is 1. The van der Waals surface area contributed by atoms with Gasteiger partial charge in [-0.1, -0.05) is 30.3 Å². The van der Waals surface area contributed by atoms with Gasteiger partial charge in [-0.3, -0.25) is 0 Å². The zero-order chi connectivity index (χ0) is 14.8. The van der Waals surface area contributed by atoms with Crippen molar-refractivity contribution in [3.05, 3.63) is 54.1 Å². The number of alkyl halides is 4. The van der Waals surface area contributed by atoms with Gasteiger partial charge in [-0.2, -0.15) is 8.78 Å². The molecule has 0 aliphatic rings. The first-order chi connectivity index (χ1) is 9.42. The first-order valence-corrected chi connectivity index (χ1v) is 5.88. The number of benzene rings is 1. The Balaban J connectivity index is 2.25. The summed E-state index contributed by atoms with van der Waals surface area (Å²) in [7, 11) is 0. The van der Waals surface area contributed by atoms with Crippen molar-refractivity contribution in [2.24, 2.45) is 5.73 Å². The Morgan fingerprint density at radius 3 is 2.45 bits per heavy atom. The fourth-order valence-electron chi connectivity index (χ4n) is 1.85. The summed E-state index contributed by atoms with van der Waals surface area (Å²) >= 11 is 0. The molecule has 1 heterocycles. The SMILES string of the molecule is NC(c1ccccc1)c1cncn1CC(F)(F)C(F)F. The van der Waals surface area contributed by atoms with Gasteiger partial charge < -0.3 is 10.3 Å². The van der Waals surface area contributed by atoms with Crippen LogP contribution >= 0.6 is 0 Å². The van der Waals surface area contributed by atoms with Crippen molar-refractivity contribution in [3.63, 3.8) is 0 Å². The van der Waals surface area contributed by atoms with Crippen LogP contribution in [0.5, 0.6) is 0 Å². The molecule has 0 aliphatic carbocycles. The van der Waals surface area contributed by atoms with Crippen molar-refractivity contribution in [2.45, 2.75) is 24.9 Å². The van der Waals surface area contributed by atoms with E-state index in [4.69, 9.17) is 5.73 Å². The van der Waals surface area contributed by atoms with Crippen molar-refractivity contribution < 1.29 is 17.6 Å². The third kappa shape index (κ3) is 2.98. The van der Waals surface area contributed by atoms with Gasteiger partial charge in [0.25, 0.3) is 0 Å². The molecular weight excluding hydrogens is 274 g/mol. The summed E-state index contributed by atoms with van der Waals surface area (Å²) in [6.45, 7) is -1.15. The minimum absolute atomic E-state index is 0.261. The molecule has 2 aromatic rings. The lowest BCUT2D eigenvalue weighted by Gasteiger charge is -2.20. The highest BCUT2D eigenvalue weighted by Gasteiger charge is 2.41. The van der Waals surface area contributed by atoms with E-state index in [0.29, 0.717) is 5.56 Å². The number of hydrogen-bond acceptors (Lipinski definition) is 2. The third-order valence-electron chi connectivity index (χ3n) is 2.92. The van der Waals surface area contributed by atoms with E-state index in [9.17, 15) is 17.6 Å². The van der Waals surface area contributed by atoms with Crippen LogP contribution < -0.4 is 5.73 Å². The average Bonchev–Trinajstić information content (AvgIpc) is 2.86. The minimum atomic E-state index is -4.12. The molecule has 0 radical (unpaired) electrons. The van der Waals surface area contributed by atoms with Crippen LogP contribution in [0.3, 0.4) is 0 Å². The average molecular weight is 287 g/mol. The second-order valence-electron chi connectivity index (χ2n) is 4.40. The molecule has 7 heteroatoms. The van der Waals surface area contributed by atoms with Crippen LogP contribution in [-0.2, 0) is 6.54 Å². The highest BCUT2D eigenvalue weighted by Crippen LogP contribution is 2.27. The predicted octanol–water partition coefficient (Wildman–Crippen LogP) is 2.83. The number of aromatic nitrogens is 2. The molecule has 0 fully saturated rings. The second-order valence-corrected chi connectivity index (χ2v) is 4.40.